The van der Waals surface area contributed by atoms with E-state index in [1.54, 1.807) is 0 Å². The van der Waals surface area contributed by atoms with Gasteiger partial charge in [-0.2, -0.15) is 18.3 Å². The number of hydrogen-bond acceptors (Lipinski definition) is 1. The van der Waals surface area contributed by atoms with Crippen LogP contribution in [0.25, 0.3) is 0 Å². The molecular formula is C13H12BrF3N2. The van der Waals surface area contributed by atoms with Crippen molar-refractivity contribution in [2.45, 2.75) is 18.6 Å². The molecular weight excluding hydrogens is 321 g/mol. The quantitative estimate of drug-likeness (QED) is 0.771. The highest BCUT2D eigenvalue weighted by atomic mass is 79.9. The van der Waals surface area contributed by atoms with E-state index in [4.69, 9.17) is 0 Å². The fraction of sp³-hybridized carbons (Fsp3) is 0.308. The second-order valence-corrected chi connectivity index (χ2v) is 4.83. The topological polar surface area (TPSA) is 17.8 Å². The first kappa shape index (κ1) is 14.1. The summed E-state index contributed by atoms with van der Waals surface area (Å²) in [5.74, 6) is 0.0854. The third-order valence-corrected chi connectivity index (χ3v) is 3.58. The first-order valence-corrected chi connectivity index (χ1v) is 6.84. The van der Waals surface area contributed by atoms with E-state index in [0.717, 1.165) is 11.6 Å². The Morgan fingerprint density at radius 3 is 2.37 bits per heavy atom. The van der Waals surface area contributed by atoms with Crippen LogP contribution in [-0.2, 0) is 12.7 Å². The zero-order valence-corrected chi connectivity index (χ0v) is 11.5. The Hall–Kier alpha value is -1.30. The van der Waals surface area contributed by atoms with Crippen LogP contribution in [0.15, 0.2) is 42.6 Å². The fourth-order valence-corrected chi connectivity index (χ4v) is 2.39. The van der Waals surface area contributed by atoms with Gasteiger partial charge in [0.05, 0.1) is 0 Å². The smallest absolute Gasteiger partial charge is 0.272 e. The van der Waals surface area contributed by atoms with Crippen LogP contribution in [0.3, 0.4) is 0 Å². The number of rotatable bonds is 4. The summed E-state index contributed by atoms with van der Waals surface area (Å²) in [6, 6.07) is 10.6. The molecule has 0 saturated carbocycles. The van der Waals surface area contributed by atoms with E-state index in [1.165, 1.54) is 10.9 Å². The van der Waals surface area contributed by atoms with Crippen molar-refractivity contribution < 1.29 is 13.2 Å². The van der Waals surface area contributed by atoms with Crippen molar-refractivity contribution in [1.29, 1.82) is 0 Å². The lowest BCUT2D eigenvalue weighted by Crippen LogP contribution is -2.13. The maximum atomic E-state index is 12.5. The Morgan fingerprint density at radius 2 is 1.84 bits per heavy atom. The molecule has 1 aromatic heterocycles. The predicted molar refractivity (Wildman–Crippen MR) is 70.2 cm³/mol. The molecule has 1 unspecified atom stereocenters. The van der Waals surface area contributed by atoms with Crippen molar-refractivity contribution in [3.63, 3.8) is 0 Å². The second-order valence-electron chi connectivity index (χ2n) is 4.18. The summed E-state index contributed by atoms with van der Waals surface area (Å²) in [4.78, 5) is 0. The molecule has 0 radical (unpaired) electrons. The van der Waals surface area contributed by atoms with E-state index >= 15 is 0 Å². The van der Waals surface area contributed by atoms with Gasteiger partial charge in [0.1, 0.15) is 0 Å². The van der Waals surface area contributed by atoms with Gasteiger partial charge < -0.3 is 0 Å². The van der Waals surface area contributed by atoms with Crippen molar-refractivity contribution in [3.8, 4) is 0 Å². The Labute approximate surface area is 117 Å². The highest BCUT2D eigenvalue weighted by Gasteiger charge is 2.33. The highest BCUT2D eigenvalue weighted by molar-refractivity contribution is 9.09. The van der Waals surface area contributed by atoms with E-state index < -0.39 is 11.9 Å². The molecule has 0 fully saturated rings. The number of benzene rings is 1. The van der Waals surface area contributed by atoms with Gasteiger partial charge >= 0.3 is 6.18 Å². The summed E-state index contributed by atoms with van der Waals surface area (Å²) in [5.41, 5.74) is 0.220. The lowest BCUT2D eigenvalue weighted by Gasteiger charge is -2.14. The molecule has 0 aliphatic carbocycles. The van der Waals surface area contributed by atoms with Crippen LogP contribution in [0.5, 0.6) is 0 Å². The van der Waals surface area contributed by atoms with Gasteiger partial charge in [0, 0.05) is 24.0 Å². The van der Waals surface area contributed by atoms with Gasteiger partial charge in [-0.05, 0) is 11.6 Å². The summed E-state index contributed by atoms with van der Waals surface area (Å²) >= 11 is 3.39. The summed E-state index contributed by atoms with van der Waals surface area (Å²) < 4.78 is 38.7. The van der Waals surface area contributed by atoms with Crippen LogP contribution < -0.4 is 0 Å². The second kappa shape index (κ2) is 5.77. The van der Waals surface area contributed by atoms with Crippen LogP contribution in [0.1, 0.15) is 17.2 Å². The fourth-order valence-electron chi connectivity index (χ4n) is 1.81. The van der Waals surface area contributed by atoms with Crippen LogP contribution >= 0.6 is 15.9 Å². The van der Waals surface area contributed by atoms with Crippen LogP contribution in [0.2, 0.25) is 0 Å². The average molecular weight is 333 g/mol. The van der Waals surface area contributed by atoms with Gasteiger partial charge in [0.25, 0.3) is 0 Å². The molecule has 0 aliphatic rings. The molecule has 0 N–H and O–H groups in total. The zero-order valence-electron chi connectivity index (χ0n) is 9.94. The SMILES string of the molecule is FC(F)(F)c1ccn(CC(CBr)c2ccccc2)n1. The number of nitrogens with zero attached hydrogens (tertiary/aromatic N) is 2. The number of hydrogen-bond donors (Lipinski definition) is 0. The van der Waals surface area contributed by atoms with E-state index in [-0.39, 0.29) is 5.92 Å². The lowest BCUT2D eigenvalue weighted by molar-refractivity contribution is -0.141. The summed E-state index contributed by atoms with van der Waals surface area (Å²) in [6.07, 6.45) is -3.02. The molecule has 0 amide bonds. The molecule has 1 aromatic carbocycles. The molecule has 2 aromatic rings. The predicted octanol–water partition coefficient (Wildman–Crippen LogP) is 4.08. The number of aromatic nitrogens is 2. The molecule has 102 valence electrons. The van der Waals surface area contributed by atoms with E-state index in [9.17, 15) is 13.2 Å². The van der Waals surface area contributed by atoms with Gasteiger partial charge in [0.15, 0.2) is 5.69 Å². The van der Waals surface area contributed by atoms with Crippen molar-refractivity contribution in [2.24, 2.45) is 0 Å². The van der Waals surface area contributed by atoms with Gasteiger partial charge in [0.2, 0.25) is 0 Å². The maximum Gasteiger partial charge on any atom is 0.435 e. The van der Waals surface area contributed by atoms with Gasteiger partial charge in [-0.3, -0.25) is 4.68 Å². The summed E-state index contributed by atoms with van der Waals surface area (Å²) in [7, 11) is 0. The molecule has 2 rings (SSSR count). The number of halogens is 4. The van der Waals surface area contributed by atoms with Crippen molar-refractivity contribution in [1.82, 2.24) is 9.78 Å². The third-order valence-electron chi connectivity index (χ3n) is 2.80. The highest BCUT2D eigenvalue weighted by Crippen LogP contribution is 2.28. The molecule has 0 saturated heterocycles. The molecule has 0 bridgehead atoms. The number of alkyl halides is 4. The Bertz CT molecular complexity index is 522. The minimum atomic E-state index is -4.39. The van der Waals surface area contributed by atoms with Crippen LogP contribution in [0, 0.1) is 0 Å². The van der Waals surface area contributed by atoms with Crippen molar-refractivity contribution >= 4 is 15.9 Å². The van der Waals surface area contributed by atoms with Crippen molar-refractivity contribution in [3.05, 3.63) is 53.9 Å². The van der Waals surface area contributed by atoms with Gasteiger partial charge in [-0.25, -0.2) is 0 Å². The molecule has 6 heteroatoms. The molecule has 0 aliphatic heterocycles. The molecule has 1 atom stereocenters. The van der Waals surface area contributed by atoms with Crippen LogP contribution in [-0.4, -0.2) is 15.1 Å². The first-order chi connectivity index (χ1) is 9.00. The minimum Gasteiger partial charge on any atom is -0.272 e. The Morgan fingerprint density at radius 1 is 1.16 bits per heavy atom. The lowest BCUT2D eigenvalue weighted by atomic mass is 10.0. The molecule has 0 spiro atoms. The van der Waals surface area contributed by atoms with Gasteiger partial charge in [-0.15, -0.1) is 0 Å². The van der Waals surface area contributed by atoms with Gasteiger partial charge in [-0.1, -0.05) is 46.3 Å². The van der Waals surface area contributed by atoms with E-state index in [1.807, 2.05) is 30.3 Å². The summed E-state index contributed by atoms with van der Waals surface area (Å²) in [6.45, 7) is 0.408. The van der Waals surface area contributed by atoms with E-state index in [0.29, 0.717) is 11.9 Å². The average Bonchev–Trinajstić information content (AvgIpc) is 2.85. The van der Waals surface area contributed by atoms with Crippen LogP contribution in [0.4, 0.5) is 13.2 Å². The zero-order chi connectivity index (χ0) is 13.9. The maximum absolute atomic E-state index is 12.5. The Balaban J connectivity index is 2.13. The Kier molecular flexibility index (Phi) is 4.29. The largest absolute Gasteiger partial charge is 0.435 e. The van der Waals surface area contributed by atoms with Crippen molar-refractivity contribution in [2.75, 3.05) is 5.33 Å². The first-order valence-electron chi connectivity index (χ1n) is 5.72. The normalized spacial score (nSPS) is 13.5. The summed E-state index contributed by atoms with van der Waals surface area (Å²) in [5, 5.41) is 4.23. The monoisotopic (exact) mass is 332 g/mol. The third kappa shape index (κ3) is 3.59. The molecule has 1 heterocycles. The molecule has 19 heavy (non-hydrogen) atoms. The molecule has 2 nitrogen and oxygen atoms in total. The minimum absolute atomic E-state index is 0.0854. The standard InChI is InChI=1S/C13H12BrF3N2/c14-8-11(10-4-2-1-3-5-10)9-19-7-6-12(18-19)13(15,16)17/h1-7,11H,8-9H2. The van der Waals surface area contributed by atoms with E-state index in [2.05, 4.69) is 21.0 Å².